The molecule has 2 aliphatic heterocycles. The number of hydrogen-bond acceptors (Lipinski definition) is 4. The summed E-state index contributed by atoms with van der Waals surface area (Å²) in [4.78, 5) is 5.33. The molecule has 1 atom stereocenters. The summed E-state index contributed by atoms with van der Waals surface area (Å²) in [7, 11) is 1.80. The fourth-order valence-electron chi connectivity index (χ4n) is 3.91. The normalized spacial score (nSPS) is 25.1. The molecule has 0 amide bonds. The molecule has 0 saturated carbocycles. The highest BCUT2D eigenvalue weighted by Gasteiger charge is 2.31. The van der Waals surface area contributed by atoms with Crippen LogP contribution in [0.2, 0.25) is 0 Å². The Morgan fingerprint density at radius 3 is 2.24 bits per heavy atom. The van der Waals surface area contributed by atoms with Crippen molar-refractivity contribution < 1.29 is 4.74 Å². The Morgan fingerprint density at radius 2 is 1.71 bits per heavy atom. The molecule has 21 heavy (non-hydrogen) atoms. The molecule has 0 aromatic carbocycles. The fourth-order valence-corrected chi connectivity index (χ4v) is 3.91. The zero-order chi connectivity index (χ0) is 15.3. The summed E-state index contributed by atoms with van der Waals surface area (Å²) in [6.45, 7) is 10.1. The molecule has 0 radical (unpaired) electrons. The summed E-state index contributed by atoms with van der Waals surface area (Å²) in [6.07, 6.45) is 7.86. The molecule has 0 spiro atoms. The lowest BCUT2D eigenvalue weighted by molar-refractivity contribution is -0.0151. The van der Waals surface area contributed by atoms with Crippen molar-refractivity contribution in [3.63, 3.8) is 0 Å². The average Bonchev–Trinajstić information content (AvgIpc) is 2.54. The van der Waals surface area contributed by atoms with Gasteiger partial charge in [-0.3, -0.25) is 4.90 Å². The van der Waals surface area contributed by atoms with E-state index in [1.54, 1.807) is 7.11 Å². The third-order valence-corrected chi connectivity index (χ3v) is 5.47. The van der Waals surface area contributed by atoms with Crippen molar-refractivity contribution in [2.24, 2.45) is 5.73 Å². The van der Waals surface area contributed by atoms with Gasteiger partial charge in [0.05, 0.1) is 5.60 Å². The van der Waals surface area contributed by atoms with Crippen molar-refractivity contribution in [2.75, 3.05) is 39.8 Å². The van der Waals surface area contributed by atoms with Gasteiger partial charge >= 0.3 is 0 Å². The van der Waals surface area contributed by atoms with Crippen LogP contribution in [0.15, 0.2) is 0 Å². The molecule has 0 aromatic rings. The van der Waals surface area contributed by atoms with Crippen molar-refractivity contribution in [3.8, 4) is 0 Å². The van der Waals surface area contributed by atoms with E-state index in [-0.39, 0.29) is 5.60 Å². The number of likely N-dealkylation sites (tertiary alicyclic amines) is 2. The van der Waals surface area contributed by atoms with Gasteiger partial charge in [-0.2, -0.15) is 0 Å². The molecule has 4 nitrogen and oxygen atoms in total. The van der Waals surface area contributed by atoms with E-state index in [4.69, 9.17) is 10.5 Å². The van der Waals surface area contributed by atoms with Gasteiger partial charge in [0.2, 0.25) is 0 Å². The second kappa shape index (κ2) is 7.91. The van der Waals surface area contributed by atoms with Gasteiger partial charge < -0.3 is 15.4 Å². The smallest absolute Gasteiger partial charge is 0.0638 e. The lowest BCUT2D eigenvalue weighted by Gasteiger charge is -2.43. The van der Waals surface area contributed by atoms with E-state index in [0.29, 0.717) is 6.04 Å². The summed E-state index contributed by atoms with van der Waals surface area (Å²) in [5.41, 5.74) is 5.96. The minimum absolute atomic E-state index is 0.0756. The summed E-state index contributed by atoms with van der Waals surface area (Å²) in [5, 5.41) is 0. The SMILES string of the molecule is COC(C)(C)CC(CN)N1CCC(N2CCCCC2)CC1. The Balaban J connectivity index is 1.81. The number of nitrogens with two attached hydrogens (primary N) is 1. The quantitative estimate of drug-likeness (QED) is 0.815. The van der Waals surface area contributed by atoms with E-state index in [1.165, 1.54) is 58.3 Å². The molecule has 2 rings (SSSR count). The number of piperidine rings is 2. The topological polar surface area (TPSA) is 41.7 Å². The summed E-state index contributed by atoms with van der Waals surface area (Å²) in [6, 6.07) is 1.28. The van der Waals surface area contributed by atoms with E-state index in [1.807, 2.05) is 0 Å². The largest absolute Gasteiger partial charge is 0.379 e. The first-order valence-electron chi connectivity index (χ1n) is 8.79. The van der Waals surface area contributed by atoms with Gasteiger partial charge in [-0.15, -0.1) is 0 Å². The molecule has 0 aromatic heterocycles. The molecule has 2 N–H and O–H groups in total. The molecule has 2 fully saturated rings. The molecule has 0 bridgehead atoms. The van der Waals surface area contributed by atoms with E-state index < -0.39 is 0 Å². The Hall–Kier alpha value is -0.160. The van der Waals surface area contributed by atoms with Crippen LogP contribution < -0.4 is 5.73 Å². The molecular weight excluding hydrogens is 262 g/mol. The maximum absolute atomic E-state index is 6.04. The van der Waals surface area contributed by atoms with Gasteiger partial charge in [0.25, 0.3) is 0 Å². The van der Waals surface area contributed by atoms with E-state index >= 15 is 0 Å². The summed E-state index contributed by atoms with van der Waals surface area (Å²) >= 11 is 0. The molecule has 0 aliphatic carbocycles. The van der Waals surface area contributed by atoms with Gasteiger partial charge in [-0.25, -0.2) is 0 Å². The number of rotatable bonds is 6. The van der Waals surface area contributed by atoms with Crippen LogP contribution in [0.4, 0.5) is 0 Å². The van der Waals surface area contributed by atoms with Gasteiger partial charge in [-0.05, 0) is 72.1 Å². The maximum Gasteiger partial charge on any atom is 0.0638 e. The zero-order valence-electron chi connectivity index (χ0n) is 14.3. The van der Waals surface area contributed by atoms with Gasteiger partial charge in [0, 0.05) is 25.7 Å². The van der Waals surface area contributed by atoms with Crippen molar-refractivity contribution in [3.05, 3.63) is 0 Å². The van der Waals surface area contributed by atoms with Gasteiger partial charge in [-0.1, -0.05) is 6.42 Å². The van der Waals surface area contributed by atoms with Crippen LogP contribution in [-0.2, 0) is 4.74 Å². The Kier molecular flexibility index (Phi) is 6.48. The van der Waals surface area contributed by atoms with Crippen molar-refractivity contribution in [2.45, 2.75) is 70.1 Å². The van der Waals surface area contributed by atoms with Crippen LogP contribution in [-0.4, -0.2) is 67.3 Å². The highest BCUT2D eigenvalue weighted by molar-refractivity contribution is 4.87. The summed E-state index contributed by atoms with van der Waals surface area (Å²) in [5.74, 6) is 0. The minimum Gasteiger partial charge on any atom is -0.379 e. The lowest BCUT2D eigenvalue weighted by Crippen LogP contribution is -2.52. The highest BCUT2D eigenvalue weighted by atomic mass is 16.5. The Morgan fingerprint density at radius 1 is 1.10 bits per heavy atom. The first kappa shape index (κ1) is 17.2. The van der Waals surface area contributed by atoms with Crippen LogP contribution in [0.5, 0.6) is 0 Å². The minimum atomic E-state index is -0.0756. The Bertz CT molecular complexity index is 294. The number of nitrogens with zero attached hydrogens (tertiary/aromatic N) is 2. The third kappa shape index (κ3) is 4.92. The maximum atomic E-state index is 6.04. The molecule has 2 saturated heterocycles. The van der Waals surface area contributed by atoms with E-state index in [2.05, 4.69) is 23.6 Å². The highest BCUT2D eigenvalue weighted by Crippen LogP contribution is 2.25. The first-order valence-corrected chi connectivity index (χ1v) is 8.79. The summed E-state index contributed by atoms with van der Waals surface area (Å²) < 4.78 is 5.59. The van der Waals surface area contributed by atoms with Crippen molar-refractivity contribution in [1.82, 2.24) is 9.80 Å². The van der Waals surface area contributed by atoms with Crippen LogP contribution in [0, 0.1) is 0 Å². The monoisotopic (exact) mass is 297 g/mol. The van der Waals surface area contributed by atoms with Gasteiger partial charge in [0.1, 0.15) is 0 Å². The van der Waals surface area contributed by atoms with E-state index in [0.717, 1.165) is 19.0 Å². The van der Waals surface area contributed by atoms with Crippen LogP contribution >= 0.6 is 0 Å². The van der Waals surface area contributed by atoms with Crippen LogP contribution in [0.3, 0.4) is 0 Å². The second-order valence-corrected chi connectivity index (χ2v) is 7.42. The molecule has 4 heteroatoms. The predicted molar refractivity (Wildman–Crippen MR) is 88.6 cm³/mol. The predicted octanol–water partition coefficient (Wildman–Crippen LogP) is 2.08. The molecule has 2 aliphatic rings. The zero-order valence-corrected chi connectivity index (χ0v) is 14.3. The van der Waals surface area contributed by atoms with Crippen molar-refractivity contribution in [1.29, 1.82) is 0 Å². The van der Waals surface area contributed by atoms with Crippen LogP contribution in [0.1, 0.15) is 52.4 Å². The average molecular weight is 297 g/mol. The first-order chi connectivity index (χ1) is 10.1. The standard InChI is InChI=1S/C17H35N3O/c1-17(2,21-3)13-16(14-18)20-11-7-15(8-12-20)19-9-5-4-6-10-19/h15-16H,4-14,18H2,1-3H3. The van der Waals surface area contributed by atoms with Crippen LogP contribution in [0.25, 0.3) is 0 Å². The van der Waals surface area contributed by atoms with Crippen molar-refractivity contribution >= 4 is 0 Å². The lowest BCUT2D eigenvalue weighted by atomic mass is 9.94. The fraction of sp³-hybridized carbons (Fsp3) is 1.00. The number of hydrogen-bond donors (Lipinski definition) is 1. The molecule has 2 heterocycles. The number of methoxy groups -OCH3 is 1. The van der Waals surface area contributed by atoms with E-state index in [9.17, 15) is 0 Å². The Labute approximate surface area is 131 Å². The third-order valence-electron chi connectivity index (χ3n) is 5.47. The molecule has 1 unspecified atom stereocenters. The number of ether oxygens (including phenoxy) is 1. The molecule has 124 valence electrons. The van der Waals surface area contributed by atoms with Gasteiger partial charge in [0.15, 0.2) is 0 Å². The second-order valence-electron chi connectivity index (χ2n) is 7.42. The molecular formula is C17H35N3O.